The maximum atomic E-state index is 11.8. The van der Waals surface area contributed by atoms with Crippen molar-refractivity contribution in [3.05, 3.63) is 32.4 Å². The molecule has 0 aliphatic heterocycles. The highest BCUT2D eigenvalue weighted by Gasteiger charge is 2.11. The van der Waals surface area contributed by atoms with Crippen LogP contribution in [0.25, 0.3) is 0 Å². The van der Waals surface area contributed by atoms with Gasteiger partial charge in [-0.15, -0.1) is 0 Å². The van der Waals surface area contributed by atoms with Gasteiger partial charge < -0.3 is 0 Å². The van der Waals surface area contributed by atoms with Gasteiger partial charge in [-0.25, -0.2) is 0 Å². The lowest BCUT2D eigenvalue weighted by Crippen LogP contribution is -2.05. The van der Waals surface area contributed by atoms with Gasteiger partial charge in [0.05, 0.1) is 5.02 Å². The lowest BCUT2D eigenvalue weighted by atomic mass is 9.98. The molecule has 0 fully saturated rings. The van der Waals surface area contributed by atoms with Crippen LogP contribution >= 0.6 is 34.2 Å². The van der Waals surface area contributed by atoms with Gasteiger partial charge >= 0.3 is 0 Å². The number of carbonyl (C=O) groups excluding carboxylic acids is 1. The van der Waals surface area contributed by atoms with Gasteiger partial charge in [-0.2, -0.15) is 0 Å². The van der Waals surface area contributed by atoms with Crippen molar-refractivity contribution in [2.75, 3.05) is 0 Å². The van der Waals surface area contributed by atoms with Crippen molar-refractivity contribution >= 4 is 40.0 Å². The van der Waals surface area contributed by atoms with E-state index in [1.54, 1.807) is 6.07 Å². The maximum Gasteiger partial charge on any atom is 0.163 e. The monoisotopic (exact) mass is 336 g/mol. The molecule has 0 amide bonds. The number of hydrogen-bond acceptors (Lipinski definition) is 1. The first-order chi connectivity index (χ1) is 7.04. The minimum atomic E-state index is 0.183. The molecule has 0 saturated carbocycles. The van der Waals surface area contributed by atoms with Crippen molar-refractivity contribution in [2.45, 2.75) is 26.7 Å². The Morgan fingerprint density at radius 3 is 2.73 bits per heavy atom. The molecule has 82 valence electrons. The van der Waals surface area contributed by atoms with E-state index in [0.717, 1.165) is 15.6 Å². The number of hydrogen-bond donors (Lipinski definition) is 0. The van der Waals surface area contributed by atoms with E-state index in [2.05, 4.69) is 36.4 Å². The summed E-state index contributed by atoms with van der Waals surface area (Å²) in [6, 6.07) is 5.49. The van der Waals surface area contributed by atoms with Crippen LogP contribution in [-0.4, -0.2) is 5.78 Å². The Bertz CT molecular complexity index is 363. The molecule has 1 aromatic rings. The second kappa shape index (κ2) is 5.85. The summed E-state index contributed by atoms with van der Waals surface area (Å²) in [5.41, 5.74) is 0.723. The van der Waals surface area contributed by atoms with Gasteiger partial charge in [0.25, 0.3) is 0 Å². The molecule has 15 heavy (non-hydrogen) atoms. The first-order valence-corrected chi connectivity index (χ1v) is 6.48. The summed E-state index contributed by atoms with van der Waals surface area (Å²) in [5.74, 6) is 0.623. The topological polar surface area (TPSA) is 17.1 Å². The van der Waals surface area contributed by atoms with Crippen LogP contribution in [0.2, 0.25) is 5.02 Å². The summed E-state index contributed by atoms with van der Waals surface area (Å²) < 4.78 is 0.981. The molecule has 3 heteroatoms. The number of halogens is 2. The van der Waals surface area contributed by atoms with Crippen molar-refractivity contribution in [1.82, 2.24) is 0 Å². The Morgan fingerprint density at radius 2 is 2.20 bits per heavy atom. The molecule has 0 heterocycles. The lowest BCUT2D eigenvalue weighted by molar-refractivity contribution is 0.0963. The highest BCUT2D eigenvalue weighted by atomic mass is 127. The molecular formula is C12H14ClIO. The molecule has 0 aromatic heterocycles. The highest BCUT2D eigenvalue weighted by molar-refractivity contribution is 14.1. The molecule has 1 atom stereocenters. The third kappa shape index (κ3) is 3.76. The summed E-state index contributed by atoms with van der Waals surface area (Å²) in [6.07, 6.45) is 1.64. The Kier molecular flexibility index (Phi) is 5.06. The van der Waals surface area contributed by atoms with Crippen molar-refractivity contribution < 1.29 is 4.79 Å². The normalized spacial score (nSPS) is 12.5. The maximum absolute atomic E-state index is 11.8. The average molecular weight is 337 g/mol. The molecule has 0 aliphatic carbocycles. The number of ketones is 1. The fourth-order valence-corrected chi connectivity index (χ4v) is 1.76. The molecule has 1 nitrogen and oxygen atoms in total. The number of carbonyl (C=O) groups is 1. The van der Waals surface area contributed by atoms with E-state index in [9.17, 15) is 4.79 Å². The van der Waals surface area contributed by atoms with Crippen LogP contribution in [0.15, 0.2) is 18.2 Å². The van der Waals surface area contributed by atoms with Crippen LogP contribution in [-0.2, 0) is 0 Å². The molecule has 1 aromatic carbocycles. The lowest BCUT2D eigenvalue weighted by Gasteiger charge is -2.07. The Hall–Kier alpha value is -0.0900. The quantitative estimate of drug-likeness (QED) is 0.582. The molecule has 0 spiro atoms. The zero-order valence-corrected chi connectivity index (χ0v) is 11.8. The number of Topliss-reactive ketones (excluding diaryl/α,β-unsaturated/α-hetero) is 1. The van der Waals surface area contributed by atoms with Gasteiger partial charge in [0.1, 0.15) is 0 Å². The zero-order valence-electron chi connectivity index (χ0n) is 8.89. The van der Waals surface area contributed by atoms with Crippen LogP contribution in [0.5, 0.6) is 0 Å². The molecule has 0 N–H and O–H groups in total. The Balaban J connectivity index is 2.78. The fraction of sp³-hybridized carbons (Fsp3) is 0.417. The number of benzene rings is 1. The van der Waals surface area contributed by atoms with Crippen LogP contribution in [0, 0.1) is 9.49 Å². The minimum absolute atomic E-state index is 0.183. The minimum Gasteiger partial charge on any atom is -0.294 e. The second-order valence-electron chi connectivity index (χ2n) is 3.77. The first-order valence-electron chi connectivity index (χ1n) is 5.02. The molecular weight excluding hydrogens is 322 g/mol. The average Bonchev–Trinajstić information content (AvgIpc) is 2.21. The van der Waals surface area contributed by atoms with E-state index in [4.69, 9.17) is 11.6 Å². The summed E-state index contributed by atoms with van der Waals surface area (Å²) in [6.45, 7) is 4.19. The number of rotatable bonds is 4. The van der Waals surface area contributed by atoms with E-state index in [0.29, 0.717) is 17.4 Å². The predicted octanol–water partition coefficient (Wildman–Crippen LogP) is 4.56. The predicted molar refractivity (Wildman–Crippen MR) is 72.6 cm³/mol. The molecule has 0 saturated heterocycles. The Morgan fingerprint density at radius 1 is 1.53 bits per heavy atom. The van der Waals surface area contributed by atoms with E-state index in [-0.39, 0.29) is 5.78 Å². The van der Waals surface area contributed by atoms with Gasteiger partial charge in [-0.1, -0.05) is 37.9 Å². The zero-order chi connectivity index (χ0) is 11.4. The van der Waals surface area contributed by atoms with Gasteiger partial charge in [0, 0.05) is 15.6 Å². The van der Waals surface area contributed by atoms with Crippen LogP contribution in [0.4, 0.5) is 0 Å². The first kappa shape index (κ1) is 13.0. The second-order valence-corrected chi connectivity index (χ2v) is 5.34. The molecule has 1 rings (SSSR count). The summed E-state index contributed by atoms with van der Waals surface area (Å²) in [5, 5.41) is 0.658. The van der Waals surface area contributed by atoms with E-state index < -0.39 is 0 Å². The summed E-state index contributed by atoms with van der Waals surface area (Å²) >= 11 is 8.12. The largest absolute Gasteiger partial charge is 0.294 e. The van der Waals surface area contributed by atoms with Gasteiger partial charge in [-0.05, 0) is 40.6 Å². The fourth-order valence-electron chi connectivity index (χ4n) is 1.25. The third-order valence-corrected chi connectivity index (χ3v) is 4.04. The third-order valence-electron chi connectivity index (χ3n) is 2.47. The molecule has 0 radical (unpaired) electrons. The van der Waals surface area contributed by atoms with E-state index in [1.807, 2.05) is 12.1 Å². The highest BCUT2D eigenvalue weighted by Crippen LogP contribution is 2.21. The van der Waals surface area contributed by atoms with E-state index in [1.165, 1.54) is 0 Å². The van der Waals surface area contributed by atoms with Crippen molar-refractivity contribution in [3.63, 3.8) is 0 Å². The van der Waals surface area contributed by atoms with Gasteiger partial charge in [0.2, 0.25) is 0 Å². The molecule has 0 aliphatic rings. The van der Waals surface area contributed by atoms with Crippen LogP contribution < -0.4 is 0 Å². The Labute approximate surface area is 109 Å². The molecule has 1 unspecified atom stereocenters. The molecule has 0 bridgehead atoms. The van der Waals surface area contributed by atoms with Crippen molar-refractivity contribution in [1.29, 1.82) is 0 Å². The smallest absolute Gasteiger partial charge is 0.163 e. The van der Waals surface area contributed by atoms with Crippen LogP contribution in [0.3, 0.4) is 0 Å². The summed E-state index contributed by atoms with van der Waals surface area (Å²) in [7, 11) is 0. The standard InChI is InChI=1S/C12H14ClIO/c1-3-8(2)6-12(15)9-4-5-11(14)10(13)7-9/h4-5,7-8H,3,6H2,1-2H3. The van der Waals surface area contributed by atoms with Crippen molar-refractivity contribution in [2.24, 2.45) is 5.92 Å². The van der Waals surface area contributed by atoms with Gasteiger partial charge in [-0.3, -0.25) is 4.79 Å². The summed E-state index contributed by atoms with van der Waals surface area (Å²) in [4.78, 5) is 11.8. The van der Waals surface area contributed by atoms with Gasteiger partial charge in [0.15, 0.2) is 5.78 Å². The SMILES string of the molecule is CCC(C)CC(=O)c1ccc(I)c(Cl)c1. The van der Waals surface area contributed by atoms with E-state index >= 15 is 0 Å². The van der Waals surface area contributed by atoms with Crippen LogP contribution in [0.1, 0.15) is 37.0 Å². The van der Waals surface area contributed by atoms with Crippen molar-refractivity contribution in [3.8, 4) is 0 Å².